The van der Waals surface area contributed by atoms with Crippen LogP contribution in [0.25, 0.3) is 0 Å². The predicted octanol–water partition coefficient (Wildman–Crippen LogP) is 6.31. The number of aryl methyl sites for hydroxylation is 2. The Hall–Kier alpha value is 0.600. The third kappa shape index (κ3) is 4.05. The third-order valence-corrected chi connectivity index (χ3v) is 7.45. The van der Waals surface area contributed by atoms with E-state index in [4.69, 9.17) is 0 Å². The average Bonchev–Trinajstić information content (AvgIpc) is 2.34. The quantitative estimate of drug-likeness (QED) is 0.360. The lowest BCUT2D eigenvalue weighted by Crippen LogP contribution is -1.81. The van der Waals surface area contributed by atoms with Crippen LogP contribution in [0.2, 0.25) is 0 Å². The molecule has 0 aromatic heterocycles. The number of benzene rings is 2. The van der Waals surface area contributed by atoms with Gasteiger partial charge >= 0.3 is 0 Å². The van der Waals surface area contributed by atoms with Gasteiger partial charge in [0.05, 0.1) is 0 Å². The van der Waals surface area contributed by atoms with Crippen molar-refractivity contribution < 1.29 is 0 Å². The van der Waals surface area contributed by atoms with Gasteiger partial charge in [-0.25, -0.2) is 0 Å². The van der Waals surface area contributed by atoms with E-state index in [1.165, 1.54) is 28.1 Å². The molecule has 0 radical (unpaired) electrons. The molecule has 2 rings (SSSR count). The van der Waals surface area contributed by atoms with Crippen molar-refractivity contribution >= 4 is 66.8 Å². The molecule has 0 aliphatic rings. The molecule has 0 aliphatic heterocycles. The molecule has 0 amide bonds. The van der Waals surface area contributed by atoms with Gasteiger partial charge in [-0.3, -0.25) is 0 Å². The standard InChI is InChI=1S/C14H12I2S2/c1-9-3-5-11(15)13(7-9)17-18-14-8-10(2)4-6-12(14)16/h3-8H,1-2H3. The highest BCUT2D eigenvalue weighted by molar-refractivity contribution is 14.1. The topological polar surface area (TPSA) is 0 Å². The summed E-state index contributed by atoms with van der Waals surface area (Å²) in [6.07, 6.45) is 0. The van der Waals surface area contributed by atoms with Gasteiger partial charge < -0.3 is 0 Å². The Morgan fingerprint density at radius 3 is 1.50 bits per heavy atom. The molecule has 0 unspecified atom stereocenters. The SMILES string of the molecule is Cc1ccc(I)c(SSc2cc(C)ccc2I)c1. The number of hydrogen-bond acceptors (Lipinski definition) is 2. The van der Waals surface area contributed by atoms with E-state index in [1.807, 2.05) is 21.6 Å². The van der Waals surface area contributed by atoms with E-state index in [-0.39, 0.29) is 0 Å². The summed E-state index contributed by atoms with van der Waals surface area (Å²) < 4.78 is 2.64. The van der Waals surface area contributed by atoms with Gasteiger partial charge in [-0.2, -0.15) is 0 Å². The van der Waals surface area contributed by atoms with Gasteiger partial charge in [-0.1, -0.05) is 33.7 Å². The highest BCUT2D eigenvalue weighted by Crippen LogP contribution is 2.41. The summed E-state index contributed by atoms with van der Waals surface area (Å²) in [6.45, 7) is 4.28. The van der Waals surface area contributed by atoms with Crippen LogP contribution in [0.1, 0.15) is 11.1 Å². The Morgan fingerprint density at radius 2 is 1.11 bits per heavy atom. The summed E-state index contributed by atoms with van der Waals surface area (Å²) in [4.78, 5) is 2.69. The molecule has 2 aromatic carbocycles. The molecule has 0 atom stereocenters. The van der Waals surface area contributed by atoms with Crippen molar-refractivity contribution in [3.8, 4) is 0 Å². The second kappa shape index (κ2) is 6.85. The van der Waals surface area contributed by atoms with Crippen LogP contribution in [0, 0.1) is 21.0 Å². The Labute approximate surface area is 143 Å². The van der Waals surface area contributed by atoms with Crippen molar-refractivity contribution in [2.24, 2.45) is 0 Å². The molecular weight excluding hydrogens is 486 g/mol. The van der Waals surface area contributed by atoms with Crippen LogP contribution in [0.3, 0.4) is 0 Å². The van der Waals surface area contributed by atoms with Gasteiger partial charge in [-0.05, 0) is 94.4 Å². The van der Waals surface area contributed by atoms with E-state index in [9.17, 15) is 0 Å². The molecule has 0 heterocycles. The van der Waals surface area contributed by atoms with Crippen molar-refractivity contribution in [2.75, 3.05) is 0 Å². The van der Waals surface area contributed by atoms with Crippen LogP contribution in [-0.2, 0) is 0 Å². The van der Waals surface area contributed by atoms with Crippen LogP contribution >= 0.6 is 66.8 Å². The zero-order valence-corrected chi connectivity index (χ0v) is 16.0. The molecule has 94 valence electrons. The number of halogens is 2. The van der Waals surface area contributed by atoms with E-state index in [0.29, 0.717) is 0 Å². The largest absolute Gasteiger partial charge is 0.0582 e. The van der Waals surface area contributed by atoms with Gasteiger partial charge in [-0.15, -0.1) is 0 Å². The van der Waals surface area contributed by atoms with Gasteiger partial charge in [0.15, 0.2) is 0 Å². The average molecular weight is 498 g/mol. The lowest BCUT2D eigenvalue weighted by molar-refractivity contribution is 1.32. The maximum absolute atomic E-state index is 2.40. The first-order chi connectivity index (χ1) is 8.56. The summed E-state index contributed by atoms with van der Waals surface area (Å²) in [7, 11) is 3.68. The van der Waals surface area contributed by atoms with E-state index in [1.54, 1.807) is 0 Å². The summed E-state index contributed by atoms with van der Waals surface area (Å²) in [5.74, 6) is 0. The fourth-order valence-corrected chi connectivity index (χ4v) is 5.98. The maximum atomic E-state index is 2.40. The monoisotopic (exact) mass is 498 g/mol. The summed E-state index contributed by atoms with van der Waals surface area (Å²) >= 11 is 4.80. The van der Waals surface area contributed by atoms with Crippen LogP contribution in [0.5, 0.6) is 0 Å². The Morgan fingerprint density at radius 1 is 0.722 bits per heavy atom. The van der Waals surface area contributed by atoms with E-state index < -0.39 is 0 Å². The Kier molecular flexibility index (Phi) is 5.71. The molecule has 0 N–H and O–H groups in total. The molecular formula is C14H12I2S2. The van der Waals surface area contributed by atoms with E-state index in [2.05, 4.69) is 95.4 Å². The molecule has 4 heteroatoms. The molecule has 0 bridgehead atoms. The molecule has 18 heavy (non-hydrogen) atoms. The fraction of sp³-hybridized carbons (Fsp3) is 0.143. The highest BCUT2D eigenvalue weighted by atomic mass is 127. The predicted molar refractivity (Wildman–Crippen MR) is 99.5 cm³/mol. The molecule has 0 spiro atoms. The molecule has 2 aromatic rings. The van der Waals surface area contributed by atoms with Gasteiger partial charge in [0.1, 0.15) is 0 Å². The first-order valence-electron chi connectivity index (χ1n) is 5.43. The first kappa shape index (κ1) is 15.0. The zero-order valence-electron chi connectivity index (χ0n) is 10.0. The Balaban J connectivity index is 2.16. The van der Waals surface area contributed by atoms with Gasteiger partial charge in [0, 0.05) is 16.9 Å². The Bertz CT molecular complexity index is 516. The minimum Gasteiger partial charge on any atom is -0.0582 e. The lowest BCUT2D eigenvalue weighted by Gasteiger charge is -2.07. The number of hydrogen-bond donors (Lipinski definition) is 0. The molecule has 0 saturated carbocycles. The van der Waals surface area contributed by atoms with Crippen LogP contribution in [0.4, 0.5) is 0 Å². The normalized spacial score (nSPS) is 10.7. The molecule has 0 saturated heterocycles. The summed E-state index contributed by atoms with van der Waals surface area (Å²) in [6, 6.07) is 13.2. The maximum Gasteiger partial charge on any atom is 0.0322 e. The van der Waals surface area contributed by atoms with E-state index >= 15 is 0 Å². The highest BCUT2D eigenvalue weighted by Gasteiger charge is 2.05. The molecule has 0 fully saturated rings. The minimum absolute atomic E-state index is 1.32. The lowest BCUT2D eigenvalue weighted by atomic mass is 10.2. The summed E-state index contributed by atoms with van der Waals surface area (Å²) in [5.41, 5.74) is 2.63. The van der Waals surface area contributed by atoms with Gasteiger partial charge in [0.25, 0.3) is 0 Å². The van der Waals surface area contributed by atoms with Crippen LogP contribution < -0.4 is 0 Å². The zero-order chi connectivity index (χ0) is 13.1. The fourth-order valence-electron chi connectivity index (χ4n) is 1.44. The smallest absolute Gasteiger partial charge is 0.0322 e. The van der Waals surface area contributed by atoms with E-state index in [0.717, 1.165) is 0 Å². The van der Waals surface area contributed by atoms with Crippen molar-refractivity contribution in [1.29, 1.82) is 0 Å². The van der Waals surface area contributed by atoms with Crippen LogP contribution in [-0.4, -0.2) is 0 Å². The van der Waals surface area contributed by atoms with Crippen molar-refractivity contribution in [3.63, 3.8) is 0 Å². The summed E-state index contributed by atoms with van der Waals surface area (Å²) in [5, 5.41) is 0. The van der Waals surface area contributed by atoms with Crippen molar-refractivity contribution in [3.05, 3.63) is 54.7 Å². The van der Waals surface area contributed by atoms with Crippen LogP contribution in [0.15, 0.2) is 46.2 Å². The van der Waals surface area contributed by atoms with Crippen molar-refractivity contribution in [2.45, 2.75) is 23.6 Å². The van der Waals surface area contributed by atoms with Gasteiger partial charge in [0.2, 0.25) is 0 Å². The van der Waals surface area contributed by atoms with Crippen molar-refractivity contribution in [1.82, 2.24) is 0 Å². The molecule has 0 nitrogen and oxygen atoms in total. The second-order valence-corrected chi connectivity index (χ2v) is 8.57. The first-order valence-corrected chi connectivity index (χ1v) is 9.74. The third-order valence-electron chi connectivity index (χ3n) is 2.39. The second-order valence-electron chi connectivity index (χ2n) is 4.03. The number of rotatable bonds is 3. The molecule has 0 aliphatic carbocycles. The minimum atomic E-state index is 1.32.